The number of carbonyl (C=O) groups is 1. The number of nitrogens with zero attached hydrogens (tertiary/aromatic N) is 6. The van der Waals surface area contributed by atoms with E-state index >= 15 is 0 Å². The van der Waals surface area contributed by atoms with Crippen molar-refractivity contribution >= 4 is 17.2 Å². The molecule has 1 aliphatic heterocycles. The highest BCUT2D eigenvalue weighted by atomic mass is 32.1. The number of amides is 1. The predicted molar refractivity (Wildman–Crippen MR) is 161 cm³/mol. The zero-order valence-corrected chi connectivity index (χ0v) is 24.7. The number of hydrogen-bond donors (Lipinski definition) is 0. The summed E-state index contributed by atoms with van der Waals surface area (Å²) in [6.45, 7) is 5.16. The maximum atomic E-state index is 12.5. The Morgan fingerprint density at radius 2 is 1.84 bits per heavy atom. The van der Waals surface area contributed by atoms with Crippen molar-refractivity contribution in [1.82, 2.24) is 29.8 Å². The lowest BCUT2D eigenvalue weighted by molar-refractivity contribution is -0.128. The topological polar surface area (TPSA) is 116 Å². The minimum Gasteiger partial charge on any atom is -0.457 e. The standard InChI is InChI=1S/C32H30N6O4S/c1-19(2)31-34-35-32(43-31)20-8-12-25(13-9-20)41-26-15-21(6-7-22(26)17-37-14-4-3-5-27(37)39)30-33-29(36-42-30)23-16-28(40)38(18-23)24-10-11-24/h3-9,12-15,19,23-24H,10-11,16-18H2,1-2H3. The summed E-state index contributed by atoms with van der Waals surface area (Å²) < 4.78 is 13.7. The van der Waals surface area contributed by atoms with E-state index in [2.05, 4.69) is 34.2 Å². The molecule has 0 spiro atoms. The van der Waals surface area contributed by atoms with Gasteiger partial charge in [0, 0.05) is 59.8 Å². The van der Waals surface area contributed by atoms with E-state index in [0.29, 0.717) is 60.2 Å². The van der Waals surface area contributed by atoms with Crippen molar-refractivity contribution < 1.29 is 14.1 Å². The molecule has 1 unspecified atom stereocenters. The molecule has 4 heterocycles. The van der Waals surface area contributed by atoms with E-state index in [1.54, 1.807) is 28.2 Å². The van der Waals surface area contributed by atoms with Gasteiger partial charge in [-0.3, -0.25) is 9.59 Å². The molecule has 5 aromatic rings. The molecule has 0 N–H and O–H groups in total. The first-order chi connectivity index (χ1) is 20.9. The lowest BCUT2D eigenvalue weighted by Gasteiger charge is -2.14. The highest BCUT2D eigenvalue weighted by Gasteiger charge is 2.41. The van der Waals surface area contributed by atoms with Gasteiger partial charge in [-0.1, -0.05) is 42.5 Å². The highest BCUT2D eigenvalue weighted by Crippen LogP contribution is 2.37. The van der Waals surface area contributed by atoms with Crippen LogP contribution in [0.3, 0.4) is 0 Å². The lowest BCUT2D eigenvalue weighted by Crippen LogP contribution is -2.27. The number of ether oxygens (including phenoxy) is 1. The Morgan fingerprint density at radius 1 is 1.02 bits per heavy atom. The second-order valence-corrected chi connectivity index (χ2v) is 12.4. The molecular formula is C32H30N6O4S. The van der Waals surface area contributed by atoms with Gasteiger partial charge in [0.15, 0.2) is 5.82 Å². The maximum absolute atomic E-state index is 12.5. The number of aromatic nitrogens is 5. The van der Waals surface area contributed by atoms with Gasteiger partial charge in [-0.2, -0.15) is 4.98 Å². The van der Waals surface area contributed by atoms with Crippen molar-refractivity contribution in [3.8, 4) is 33.5 Å². The lowest BCUT2D eigenvalue weighted by atomic mass is 10.1. The molecule has 2 aromatic carbocycles. The second kappa shape index (κ2) is 11.2. The summed E-state index contributed by atoms with van der Waals surface area (Å²) in [5.41, 5.74) is 2.36. The van der Waals surface area contributed by atoms with Crippen molar-refractivity contribution in [2.24, 2.45) is 0 Å². The molecule has 0 radical (unpaired) electrons. The summed E-state index contributed by atoms with van der Waals surface area (Å²) in [5, 5.41) is 14.7. The van der Waals surface area contributed by atoms with Crippen LogP contribution in [0.25, 0.3) is 22.0 Å². The molecule has 10 nitrogen and oxygen atoms in total. The predicted octanol–water partition coefficient (Wildman–Crippen LogP) is 5.86. The normalized spacial score (nSPS) is 16.8. The first-order valence-electron chi connectivity index (χ1n) is 14.4. The van der Waals surface area contributed by atoms with Gasteiger partial charge in [0.25, 0.3) is 11.4 Å². The summed E-state index contributed by atoms with van der Waals surface area (Å²) in [6, 6.07) is 18.8. The number of carbonyl (C=O) groups excluding carboxylic acids is 1. The van der Waals surface area contributed by atoms with Crippen molar-refractivity contribution in [2.45, 2.75) is 57.5 Å². The molecule has 218 valence electrons. The first kappa shape index (κ1) is 27.2. The monoisotopic (exact) mass is 594 g/mol. The molecule has 1 saturated heterocycles. The van der Waals surface area contributed by atoms with Crippen LogP contribution in [0, 0.1) is 0 Å². The van der Waals surface area contributed by atoms with Crippen molar-refractivity contribution in [3.63, 3.8) is 0 Å². The van der Waals surface area contributed by atoms with E-state index < -0.39 is 0 Å². The van der Waals surface area contributed by atoms with E-state index in [4.69, 9.17) is 9.26 Å². The molecule has 11 heteroatoms. The first-order valence-corrected chi connectivity index (χ1v) is 15.3. The van der Waals surface area contributed by atoms with Gasteiger partial charge in [-0.25, -0.2) is 0 Å². The van der Waals surface area contributed by atoms with Crippen LogP contribution in [0.1, 0.15) is 61.3 Å². The Bertz CT molecular complexity index is 1840. The van der Waals surface area contributed by atoms with Crippen LogP contribution < -0.4 is 10.3 Å². The fraction of sp³-hybridized carbons (Fsp3) is 0.312. The highest BCUT2D eigenvalue weighted by molar-refractivity contribution is 7.14. The van der Waals surface area contributed by atoms with E-state index in [9.17, 15) is 9.59 Å². The largest absolute Gasteiger partial charge is 0.457 e. The molecule has 0 bridgehead atoms. The summed E-state index contributed by atoms with van der Waals surface area (Å²) in [5.74, 6) is 2.50. The molecule has 1 saturated carbocycles. The van der Waals surface area contributed by atoms with Gasteiger partial charge >= 0.3 is 0 Å². The SMILES string of the molecule is CC(C)c1nnc(-c2ccc(Oc3cc(-c4nc(C5CC(=O)N(C6CC6)C5)no4)ccc3Cn3ccccc3=O)cc2)s1. The van der Waals surface area contributed by atoms with Crippen molar-refractivity contribution in [1.29, 1.82) is 0 Å². The summed E-state index contributed by atoms with van der Waals surface area (Å²) in [6.07, 6.45) is 4.30. The summed E-state index contributed by atoms with van der Waals surface area (Å²) in [4.78, 5) is 31.6. The number of pyridine rings is 1. The van der Waals surface area contributed by atoms with Gasteiger partial charge in [-0.15, -0.1) is 10.2 Å². The van der Waals surface area contributed by atoms with Crippen LogP contribution in [0.2, 0.25) is 0 Å². The molecule has 3 aromatic heterocycles. The number of likely N-dealkylation sites (tertiary alicyclic amines) is 1. The third-order valence-corrected chi connectivity index (χ3v) is 9.04. The number of rotatable bonds is 9. The minimum atomic E-state index is -0.104. The van der Waals surface area contributed by atoms with Crippen LogP contribution in [0.4, 0.5) is 0 Å². The molecule has 2 fully saturated rings. The minimum absolute atomic E-state index is 0.0753. The third-order valence-electron chi connectivity index (χ3n) is 7.77. The Kier molecular flexibility index (Phi) is 7.10. The van der Waals surface area contributed by atoms with Crippen LogP contribution >= 0.6 is 11.3 Å². The molecular weight excluding hydrogens is 564 g/mol. The zero-order valence-electron chi connectivity index (χ0n) is 23.8. The molecule has 1 amide bonds. The summed E-state index contributed by atoms with van der Waals surface area (Å²) >= 11 is 1.58. The van der Waals surface area contributed by atoms with Crippen LogP contribution in [-0.4, -0.2) is 48.3 Å². The Balaban J connectivity index is 1.16. The fourth-order valence-electron chi connectivity index (χ4n) is 5.23. The zero-order chi connectivity index (χ0) is 29.5. The van der Waals surface area contributed by atoms with Crippen molar-refractivity contribution in [2.75, 3.05) is 6.54 Å². The van der Waals surface area contributed by atoms with Crippen LogP contribution in [-0.2, 0) is 11.3 Å². The maximum Gasteiger partial charge on any atom is 0.258 e. The smallest absolute Gasteiger partial charge is 0.258 e. The van der Waals surface area contributed by atoms with Crippen molar-refractivity contribution in [3.05, 3.63) is 93.6 Å². The van der Waals surface area contributed by atoms with Gasteiger partial charge in [-0.05, 0) is 55.3 Å². The quantitative estimate of drug-likeness (QED) is 0.208. The van der Waals surface area contributed by atoms with Crippen LogP contribution in [0.15, 0.2) is 76.2 Å². The van der Waals surface area contributed by atoms with E-state index in [1.807, 2.05) is 53.4 Å². The molecule has 7 rings (SSSR count). The van der Waals surface area contributed by atoms with Gasteiger partial charge in [0.1, 0.15) is 21.5 Å². The van der Waals surface area contributed by atoms with Crippen LogP contribution in [0.5, 0.6) is 11.5 Å². The molecule has 43 heavy (non-hydrogen) atoms. The number of benzene rings is 2. The molecule has 1 aliphatic carbocycles. The average molecular weight is 595 g/mol. The Morgan fingerprint density at radius 3 is 2.58 bits per heavy atom. The van der Waals surface area contributed by atoms with E-state index in [0.717, 1.165) is 34.0 Å². The second-order valence-electron chi connectivity index (χ2n) is 11.4. The Labute approximate surface area is 252 Å². The molecule has 1 atom stereocenters. The van der Waals surface area contributed by atoms with Gasteiger partial charge in [0.05, 0.1) is 6.54 Å². The number of hydrogen-bond acceptors (Lipinski definition) is 9. The summed E-state index contributed by atoms with van der Waals surface area (Å²) in [7, 11) is 0. The Hall–Kier alpha value is -4.64. The van der Waals surface area contributed by atoms with Gasteiger partial charge in [0.2, 0.25) is 5.91 Å². The third kappa shape index (κ3) is 5.72. The van der Waals surface area contributed by atoms with E-state index in [-0.39, 0.29) is 17.4 Å². The fourth-order valence-corrected chi connectivity index (χ4v) is 6.08. The average Bonchev–Trinajstić information content (AvgIpc) is 3.36. The molecule has 2 aliphatic rings. The van der Waals surface area contributed by atoms with Gasteiger partial charge < -0.3 is 18.7 Å². The van der Waals surface area contributed by atoms with E-state index in [1.165, 1.54) is 6.07 Å².